The van der Waals surface area contributed by atoms with E-state index in [1.54, 1.807) is 35.8 Å². The molecule has 0 aliphatic heterocycles. The van der Waals surface area contributed by atoms with Gasteiger partial charge >= 0.3 is 29.6 Å². The Bertz CT molecular complexity index is 4500. The number of methoxy groups -OCH3 is 2. The summed E-state index contributed by atoms with van der Waals surface area (Å²) < 4.78 is 103. The number of ketones is 2. The summed E-state index contributed by atoms with van der Waals surface area (Å²) in [7, 11) is -7.89. The van der Waals surface area contributed by atoms with Crippen molar-refractivity contribution in [3.8, 4) is 33.6 Å². The Morgan fingerprint density at radius 3 is 1.18 bits per heavy atom. The third-order valence-electron chi connectivity index (χ3n) is 20.3. The van der Waals surface area contributed by atoms with Crippen molar-refractivity contribution in [3.63, 3.8) is 0 Å². The number of nitrogens with zero attached hydrogens (tertiary/aromatic N) is 12. The number of hydrogen-bond acceptors (Lipinski definition) is 23. The Morgan fingerprint density at radius 2 is 0.851 bits per heavy atom. The maximum atomic E-state index is 14.2. The van der Waals surface area contributed by atoms with E-state index in [-0.39, 0.29) is 71.3 Å². The molecule has 2 aromatic carbocycles. The first-order chi connectivity index (χ1) is 53.4. The molecule has 0 atom stereocenters. The fourth-order valence-electron chi connectivity index (χ4n) is 13.7. The van der Waals surface area contributed by atoms with Gasteiger partial charge in [0.1, 0.15) is 43.0 Å². The molecule has 114 heavy (non-hydrogen) atoms. The second-order valence-electron chi connectivity index (χ2n) is 34.3. The topological polar surface area (TPSA) is 279 Å². The standard InChI is InChI=1S/C40H62N6O7SSi2.C39H59IN6O5Si2.CH3O2S.Na/c1-10-35(47)40(53-21-20-50-2)18-16-31(17-19-40)36-37(54(3,48)49)39(44(29-51-22-24-55(4,5)6)30-52-23-25-56(7,8)9)46-38(43-36)34(27-42-46)32-26-41-45(28-32)33-14-12-11-13-15-33;1-9-34(47)39(51-20-19-48-2)17-15-30(16-18-39)36-35(40)38(44(28-49-21-23-52(3,4)5)29-50-22-24-53(6,7)8)46-37(43-36)33(26-42-46)31-25-41-45(27-31)32-13-11-10-12-14-32;1-4(2)3;/h11-15,26-28,31H,10,16-25,29-30H2,1-9H3;10-14,25-27,30H,9,15-24,28-29H2,1-8H3;1H3;/q;;-1;+1. The zero-order valence-electron chi connectivity index (χ0n) is 71.1. The van der Waals surface area contributed by atoms with Crippen molar-refractivity contribution in [2.45, 2.75) is 209 Å². The molecular weight excluding hydrogens is 1680 g/mol. The van der Waals surface area contributed by atoms with Crippen LogP contribution in [0.15, 0.2) is 103 Å². The number of hydrogen-bond donors (Lipinski definition) is 0. The Morgan fingerprint density at radius 1 is 0.518 bits per heavy atom. The van der Waals surface area contributed by atoms with E-state index in [1.807, 2.05) is 113 Å². The van der Waals surface area contributed by atoms with E-state index >= 15 is 0 Å². The minimum Gasteiger partial charge on any atom is -0.424 e. The molecule has 34 heteroatoms. The molecule has 0 amide bonds. The fraction of sp³-hybridized carbons (Fsp3) is 0.600. The Labute approximate surface area is 717 Å². The summed E-state index contributed by atoms with van der Waals surface area (Å²) in [5.41, 5.74) is 6.21. The van der Waals surface area contributed by atoms with E-state index in [1.165, 1.54) is 6.26 Å². The fourth-order valence-corrected chi connectivity index (χ4v) is 19.0. The van der Waals surface area contributed by atoms with Crippen LogP contribution in [0, 0.1) is 3.57 Å². The zero-order chi connectivity index (χ0) is 82.5. The van der Waals surface area contributed by atoms with Crippen LogP contribution in [0.1, 0.15) is 101 Å². The Balaban J connectivity index is 0.000000299. The van der Waals surface area contributed by atoms with Crippen LogP contribution in [0.25, 0.3) is 44.9 Å². The molecule has 10 rings (SSSR count). The van der Waals surface area contributed by atoms with Gasteiger partial charge in [-0.3, -0.25) is 9.59 Å². The minimum atomic E-state index is -3.91. The zero-order valence-corrected chi connectivity index (χ0v) is 80.8. The van der Waals surface area contributed by atoms with Crippen molar-refractivity contribution in [1.82, 2.24) is 48.8 Å². The molecule has 6 aromatic heterocycles. The Hall–Kier alpha value is -4.78. The summed E-state index contributed by atoms with van der Waals surface area (Å²) in [5.74, 6) is 1.33. The van der Waals surface area contributed by atoms with Gasteiger partial charge in [0.15, 0.2) is 44.3 Å². The number of carbonyl (C=O) groups is 2. The van der Waals surface area contributed by atoms with Crippen LogP contribution in [0.3, 0.4) is 0 Å². The molecule has 2 aliphatic carbocycles. The third kappa shape index (κ3) is 27.6. The SMILES string of the molecule is CCC(=O)C1(OCCOC)CCC(c2nc3c(-c4cnn(-c5ccccc5)c4)cnn3c(N(COCC[Si](C)(C)C)COCC[Si](C)(C)C)c2I)CC1.CCC(=O)C1(OCCOC)CCC(c2nc3c(-c4cnn(-c5ccccc5)c4)cnn3c(N(COCC[Si](C)(C)C)COCC[Si](C)(C)C)c2S(C)(=O)=O)CC1.C[S-](=O)=O.[Na+]. The van der Waals surface area contributed by atoms with Crippen LogP contribution in [-0.4, -0.2) is 219 Å². The van der Waals surface area contributed by atoms with Crippen molar-refractivity contribution in [2.75, 3.05) is 116 Å². The average Bonchev–Trinajstić information content (AvgIpc) is 1.36. The molecule has 0 spiro atoms. The summed E-state index contributed by atoms with van der Waals surface area (Å²) in [6, 6.07) is 24.0. The number of halogens is 1. The van der Waals surface area contributed by atoms with Crippen molar-refractivity contribution in [3.05, 3.63) is 113 Å². The largest absolute Gasteiger partial charge is 1.00 e. The number of anilines is 2. The molecule has 0 unspecified atom stereocenters. The van der Waals surface area contributed by atoms with E-state index < -0.39 is 64.0 Å². The van der Waals surface area contributed by atoms with E-state index in [4.69, 9.17) is 71.6 Å². The summed E-state index contributed by atoms with van der Waals surface area (Å²) in [6.07, 6.45) is 19.1. The summed E-state index contributed by atoms with van der Waals surface area (Å²) in [4.78, 5) is 41.5. The summed E-state index contributed by atoms with van der Waals surface area (Å²) in [5, 5.41) is 19.1. The third-order valence-corrected chi connectivity index (χ3v) is 29.3. The number of ether oxygens (including phenoxy) is 8. The maximum absolute atomic E-state index is 14.2. The monoisotopic (exact) mass is 1800 g/mol. The number of rotatable bonds is 41. The van der Waals surface area contributed by atoms with Crippen LogP contribution < -0.4 is 39.4 Å². The molecule has 6 heterocycles. The van der Waals surface area contributed by atoms with Gasteiger partial charge in [0, 0.05) is 139 Å². The summed E-state index contributed by atoms with van der Waals surface area (Å²) in [6.45, 7) is 36.8. The van der Waals surface area contributed by atoms with Crippen molar-refractivity contribution < 1.29 is 93.9 Å². The number of sulfone groups is 1. The van der Waals surface area contributed by atoms with E-state index in [9.17, 15) is 18.0 Å². The van der Waals surface area contributed by atoms with Gasteiger partial charge < -0.3 is 56.1 Å². The number of para-hydroxylation sites is 2. The number of Topliss-reactive ketones (excluding diaryl/α,β-unsaturated/α-hetero) is 2. The second-order valence-corrected chi connectivity index (χ2v) is 60.6. The number of fused-ring (bicyclic) bond motifs is 2. The van der Waals surface area contributed by atoms with Gasteiger partial charge in [0.05, 0.1) is 77.5 Å². The molecule has 624 valence electrons. The average molecular weight is 1800 g/mol. The van der Waals surface area contributed by atoms with Crippen LogP contribution in [-0.2, 0) is 76.4 Å². The second kappa shape index (κ2) is 44.0. The molecular formula is C80H124IN12NaO14S2Si4. The van der Waals surface area contributed by atoms with Gasteiger partial charge in [-0.15, -0.1) is 0 Å². The molecule has 0 bridgehead atoms. The van der Waals surface area contributed by atoms with Crippen LogP contribution in [0.5, 0.6) is 0 Å². The van der Waals surface area contributed by atoms with Crippen molar-refractivity contribution in [1.29, 1.82) is 0 Å². The molecule has 2 fully saturated rings. The maximum Gasteiger partial charge on any atom is 1.00 e. The van der Waals surface area contributed by atoms with Crippen LogP contribution in [0.2, 0.25) is 103 Å². The normalized spacial score (nSPS) is 17.6. The van der Waals surface area contributed by atoms with Gasteiger partial charge in [0.25, 0.3) is 0 Å². The van der Waals surface area contributed by atoms with Gasteiger partial charge in [-0.1, -0.05) is 146 Å². The first kappa shape index (κ1) is 96.3. The minimum absolute atomic E-state index is 0. The first-order valence-electron chi connectivity index (χ1n) is 39.5. The predicted octanol–water partition coefficient (Wildman–Crippen LogP) is 13.0. The molecule has 0 saturated heterocycles. The van der Waals surface area contributed by atoms with Gasteiger partial charge in [-0.25, -0.2) is 27.7 Å². The van der Waals surface area contributed by atoms with Gasteiger partial charge in [0.2, 0.25) is 0 Å². The molecule has 0 radical (unpaired) electrons. The number of carbonyl (C=O) groups excluding carboxylic acids is 2. The first-order valence-corrected chi connectivity index (χ1v) is 58.8. The molecule has 26 nitrogen and oxygen atoms in total. The molecule has 2 aliphatic rings. The van der Waals surface area contributed by atoms with Crippen LogP contribution in [0.4, 0.5) is 11.6 Å². The predicted molar refractivity (Wildman–Crippen MR) is 467 cm³/mol. The van der Waals surface area contributed by atoms with E-state index in [0.29, 0.717) is 140 Å². The van der Waals surface area contributed by atoms with E-state index in [0.717, 1.165) is 92.1 Å². The smallest absolute Gasteiger partial charge is 0.424 e. The van der Waals surface area contributed by atoms with Gasteiger partial charge in [-0.05, 0) is 122 Å². The molecule has 8 aromatic rings. The van der Waals surface area contributed by atoms with E-state index in [2.05, 4.69) is 111 Å². The van der Waals surface area contributed by atoms with Gasteiger partial charge in [-0.2, -0.15) is 29.4 Å². The van der Waals surface area contributed by atoms with Crippen LogP contribution >= 0.6 is 22.6 Å². The molecule has 0 N–H and O–H groups in total. The van der Waals surface area contributed by atoms with Crippen molar-refractivity contribution in [2.24, 2.45) is 0 Å². The van der Waals surface area contributed by atoms with Crippen molar-refractivity contribution >= 4 is 110 Å². The Kier molecular flexibility index (Phi) is 37.2. The number of aromatic nitrogens is 10. The molecule has 2 saturated carbocycles. The number of benzene rings is 2. The quantitative estimate of drug-likeness (QED) is 0.0113. The summed E-state index contributed by atoms with van der Waals surface area (Å²) >= 11 is 2.45.